The molecule has 1 atom stereocenters. The summed E-state index contributed by atoms with van der Waals surface area (Å²) in [4.78, 5) is 32.3. The van der Waals surface area contributed by atoms with Gasteiger partial charge >= 0.3 is 6.09 Å². The Bertz CT molecular complexity index is 633. The van der Waals surface area contributed by atoms with Gasteiger partial charge in [-0.2, -0.15) is 0 Å². The lowest BCUT2D eigenvalue weighted by molar-refractivity contribution is -0.115. The van der Waals surface area contributed by atoms with Crippen LogP contribution >= 0.6 is 6.49 Å². The first-order chi connectivity index (χ1) is 12.8. The summed E-state index contributed by atoms with van der Waals surface area (Å²) in [7, 11) is 0. The first kappa shape index (κ1) is 23.6. The predicted molar refractivity (Wildman–Crippen MR) is 110 cm³/mol. The molecule has 0 spiro atoms. The summed E-state index contributed by atoms with van der Waals surface area (Å²) in [6.07, 6.45) is 3.57. The fourth-order valence-electron chi connectivity index (χ4n) is 2.14. The molecule has 0 aliphatic carbocycles. The van der Waals surface area contributed by atoms with Crippen LogP contribution in [0.5, 0.6) is 0 Å². The molecule has 0 radical (unpaired) electrons. The number of rotatable bonds is 12. The van der Waals surface area contributed by atoms with Gasteiger partial charge in [0.2, 0.25) is 5.91 Å². The third-order valence-corrected chi connectivity index (χ3v) is 4.58. The zero-order chi connectivity index (χ0) is 20.1. The molecule has 0 aliphatic heterocycles. The third-order valence-electron chi connectivity index (χ3n) is 3.60. The number of amides is 2. The number of alkyl carbamates (subject to hydrolysis) is 1. The molecule has 1 unspecified atom stereocenters. The number of benzene rings is 1. The smallest absolute Gasteiger partial charge is 0.407 e. The lowest BCUT2D eigenvalue weighted by Crippen LogP contribution is -2.25. The van der Waals surface area contributed by atoms with Crippen molar-refractivity contribution in [3.8, 4) is 0 Å². The van der Waals surface area contributed by atoms with E-state index in [0.717, 1.165) is 36.9 Å². The van der Waals surface area contributed by atoms with Crippen LogP contribution in [0.15, 0.2) is 24.3 Å². The summed E-state index contributed by atoms with van der Waals surface area (Å²) in [5, 5.41) is 5.47. The molecule has 1 aromatic rings. The molecule has 0 heterocycles. The highest BCUT2D eigenvalue weighted by molar-refractivity contribution is 8.09. The maximum atomic E-state index is 11.7. The van der Waals surface area contributed by atoms with Gasteiger partial charge in [0.1, 0.15) is 6.61 Å². The average Bonchev–Trinajstić information content (AvgIpc) is 2.62. The van der Waals surface area contributed by atoms with Gasteiger partial charge in [-0.3, -0.25) is 4.79 Å². The van der Waals surface area contributed by atoms with Crippen molar-refractivity contribution in [2.75, 3.05) is 25.1 Å². The van der Waals surface area contributed by atoms with Crippen molar-refractivity contribution in [1.82, 2.24) is 5.32 Å². The molecule has 3 N–H and O–H groups in total. The molecular formula is C18H29N2O5PS. The summed E-state index contributed by atoms with van der Waals surface area (Å²) in [5.74, 6) is -0.0420. The highest BCUT2D eigenvalue weighted by atomic mass is 32.5. The molecule has 0 aliphatic rings. The lowest BCUT2D eigenvalue weighted by atomic mass is 10.2. The van der Waals surface area contributed by atoms with Crippen LogP contribution in [-0.4, -0.2) is 36.7 Å². The molecule has 1 aromatic carbocycles. The van der Waals surface area contributed by atoms with Crippen LogP contribution in [0.4, 0.5) is 10.5 Å². The monoisotopic (exact) mass is 416 g/mol. The molecule has 7 nitrogen and oxygen atoms in total. The van der Waals surface area contributed by atoms with E-state index in [-0.39, 0.29) is 12.5 Å². The maximum Gasteiger partial charge on any atom is 0.407 e. The van der Waals surface area contributed by atoms with E-state index >= 15 is 0 Å². The highest BCUT2D eigenvalue weighted by Gasteiger charge is 2.05. The number of nitrogens with one attached hydrogen (secondary N) is 2. The van der Waals surface area contributed by atoms with E-state index in [4.69, 9.17) is 21.1 Å². The van der Waals surface area contributed by atoms with Crippen LogP contribution in [-0.2, 0) is 32.5 Å². The lowest BCUT2D eigenvalue weighted by Gasteiger charge is -2.10. The average molecular weight is 416 g/mol. The first-order valence-corrected chi connectivity index (χ1v) is 12.2. The van der Waals surface area contributed by atoms with Crippen molar-refractivity contribution in [1.29, 1.82) is 0 Å². The Kier molecular flexibility index (Phi) is 11.2. The molecule has 2 amide bonds. The van der Waals surface area contributed by atoms with Crippen molar-refractivity contribution in [2.24, 2.45) is 0 Å². The van der Waals surface area contributed by atoms with Crippen LogP contribution in [0.3, 0.4) is 0 Å². The number of ether oxygens (including phenoxy) is 1. The Morgan fingerprint density at radius 2 is 1.81 bits per heavy atom. The van der Waals surface area contributed by atoms with Crippen LogP contribution in [0, 0.1) is 0 Å². The normalized spacial score (nSPS) is 12.9. The summed E-state index contributed by atoms with van der Waals surface area (Å²) in [6, 6.07) is 7.18. The third kappa shape index (κ3) is 12.5. The summed E-state index contributed by atoms with van der Waals surface area (Å²) >= 11 is 4.79. The quantitative estimate of drug-likeness (QED) is 0.355. The Morgan fingerprint density at radius 1 is 1.15 bits per heavy atom. The van der Waals surface area contributed by atoms with Crippen LogP contribution < -0.4 is 10.6 Å². The van der Waals surface area contributed by atoms with Crippen molar-refractivity contribution < 1.29 is 23.7 Å². The second kappa shape index (κ2) is 12.8. The van der Waals surface area contributed by atoms with E-state index in [1.165, 1.54) is 6.66 Å². The van der Waals surface area contributed by atoms with Gasteiger partial charge in [0, 0.05) is 25.3 Å². The first-order valence-electron chi connectivity index (χ1n) is 9.04. The molecule has 0 aromatic heterocycles. The summed E-state index contributed by atoms with van der Waals surface area (Å²) in [5.41, 5.74) is 1.57. The number of hydrogen-bond acceptors (Lipinski definition) is 5. The topological polar surface area (TPSA) is 96.9 Å². The van der Waals surface area contributed by atoms with Crippen molar-refractivity contribution in [3.63, 3.8) is 0 Å². The Hall–Kier alpha value is -1.47. The zero-order valence-corrected chi connectivity index (χ0v) is 17.6. The Balaban J connectivity index is 2.08. The maximum absolute atomic E-state index is 11.7. The number of hydrogen-bond donors (Lipinski definition) is 3. The number of carbonyl (C=O) groups is 2. The molecule has 0 saturated carbocycles. The van der Waals surface area contributed by atoms with Crippen LogP contribution in [0.2, 0.25) is 0 Å². The minimum absolute atomic E-state index is 0.0420. The Labute approximate surface area is 166 Å². The van der Waals surface area contributed by atoms with Gasteiger partial charge in [0.15, 0.2) is 6.49 Å². The van der Waals surface area contributed by atoms with Gasteiger partial charge < -0.3 is 24.8 Å². The van der Waals surface area contributed by atoms with E-state index in [1.807, 2.05) is 12.1 Å². The molecule has 9 heteroatoms. The van der Waals surface area contributed by atoms with E-state index < -0.39 is 12.6 Å². The van der Waals surface area contributed by atoms with Gasteiger partial charge in [-0.1, -0.05) is 31.9 Å². The van der Waals surface area contributed by atoms with Crippen molar-refractivity contribution in [2.45, 2.75) is 45.6 Å². The van der Waals surface area contributed by atoms with Crippen LogP contribution in [0.1, 0.15) is 44.6 Å². The molecule has 0 saturated heterocycles. The molecule has 1 rings (SSSR count). The van der Waals surface area contributed by atoms with Gasteiger partial charge in [0.25, 0.3) is 0 Å². The van der Waals surface area contributed by atoms with E-state index in [1.54, 1.807) is 19.1 Å². The largest absolute Gasteiger partial charge is 0.445 e. The fraction of sp³-hybridized carbons (Fsp3) is 0.556. The SMILES string of the molecule is CCC(=O)Nc1ccc(COC(=O)NCCCCCCOP(C)(O)=S)cc1. The number of anilines is 1. The van der Waals surface area contributed by atoms with Crippen LogP contribution in [0.25, 0.3) is 0 Å². The summed E-state index contributed by atoms with van der Waals surface area (Å²) < 4.78 is 10.3. The second-order valence-corrected chi connectivity index (χ2v) is 10.0. The molecule has 27 heavy (non-hydrogen) atoms. The van der Waals surface area contributed by atoms with Crippen molar-refractivity contribution >= 4 is 36.0 Å². The molecule has 0 bridgehead atoms. The van der Waals surface area contributed by atoms with E-state index in [0.29, 0.717) is 19.6 Å². The highest BCUT2D eigenvalue weighted by Crippen LogP contribution is 2.37. The molecular weight excluding hydrogens is 387 g/mol. The minimum atomic E-state index is -2.54. The standard InChI is InChI=1S/C18H29N2O5PS/c1-3-17(21)20-16-10-8-15(9-11-16)14-24-18(22)19-12-6-4-5-7-13-25-26(2,23)27/h8-11H,3-7,12-14H2,1-2H3,(H,19,22)(H,20,21)(H,23,27). The summed E-state index contributed by atoms with van der Waals surface area (Å²) in [6.45, 7) is 1.98. The Morgan fingerprint density at radius 3 is 2.44 bits per heavy atom. The predicted octanol–water partition coefficient (Wildman–Crippen LogP) is 3.77. The number of carbonyl (C=O) groups excluding carboxylic acids is 2. The fourth-order valence-corrected chi connectivity index (χ4v) is 2.83. The zero-order valence-electron chi connectivity index (χ0n) is 15.9. The van der Waals surface area contributed by atoms with Gasteiger partial charge in [0.05, 0.1) is 6.61 Å². The van der Waals surface area contributed by atoms with E-state index in [9.17, 15) is 14.5 Å². The van der Waals surface area contributed by atoms with Gasteiger partial charge in [-0.15, -0.1) is 0 Å². The number of unbranched alkanes of at least 4 members (excludes halogenated alkanes) is 3. The van der Waals surface area contributed by atoms with Gasteiger partial charge in [-0.05, 0) is 42.3 Å². The minimum Gasteiger partial charge on any atom is -0.445 e. The van der Waals surface area contributed by atoms with Gasteiger partial charge in [-0.25, -0.2) is 4.79 Å². The molecule has 0 fully saturated rings. The van der Waals surface area contributed by atoms with E-state index in [2.05, 4.69) is 10.6 Å². The molecule has 152 valence electrons. The van der Waals surface area contributed by atoms with Crippen molar-refractivity contribution in [3.05, 3.63) is 29.8 Å². The second-order valence-electron chi connectivity index (χ2n) is 6.15.